The maximum atomic E-state index is 12.5. The van der Waals surface area contributed by atoms with Crippen LogP contribution in [0.25, 0.3) is 0 Å². The van der Waals surface area contributed by atoms with Crippen LogP contribution in [0.15, 0.2) is 24.3 Å². The first-order valence-corrected chi connectivity index (χ1v) is 8.02. The van der Waals surface area contributed by atoms with E-state index in [9.17, 15) is 4.79 Å². The fraction of sp³-hybridized carbons (Fsp3) is 0.588. The summed E-state index contributed by atoms with van der Waals surface area (Å²) < 4.78 is 5.82. The van der Waals surface area contributed by atoms with Gasteiger partial charge in [0.1, 0.15) is 5.75 Å². The van der Waals surface area contributed by atoms with Crippen molar-refractivity contribution in [2.24, 2.45) is 5.92 Å². The number of hydrogen-bond donors (Lipinski definition) is 1. The molecule has 1 aliphatic rings. The Morgan fingerprint density at radius 2 is 1.86 bits per heavy atom. The highest BCUT2D eigenvalue weighted by molar-refractivity contribution is 6.30. The van der Waals surface area contributed by atoms with Gasteiger partial charge in [-0.05, 0) is 56.9 Å². The van der Waals surface area contributed by atoms with Crippen molar-refractivity contribution in [3.8, 4) is 5.75 Å². The van der Waals surface area contributed by atoms with E-state index in [1.165, 1.54) is 19.3 Å². The van der Waals surface area contributed by atoms with Gasteiger partial charge < -0.3 is 10.1 Å². The molecule has 2 unspecified atom stereocenters. The summed E-state index contributed by atoms with van der Waals surface area (Å²) >= 11 is 5.86. The molecule has 1 saturated carbocycles. The van der Waals surface area contributed by atoms with E-state index in [0.29, 0.717) is 16.7 Å². The van der Waals surface area contributed by atoms with Crippen LogP contribution in [-0.2, 0) is 4.79 Å². The molecule has 1 aliphatic carbocycles. The maximum absolute atomic E-state index is 12.5. The smallest absolute Gasteiger partial charge is 0.263 e. The Hall–Kier alpha value is -1.22. The molecular formula is C17H24ClNO2. The van der Waals surface area contributed by atoms with Gasteiger partial charge in [-0.1, -0.05) is 31.4 Å². The van der Waals surface area contributed by atoms with Crippen molar-refractivity contribution in [3.05, 3.63) is 29.3 Å². The minimum Gasteiger partial charge on any atom is -0.478 e. The first-order chi connectivity index (χ1) is 9.88. The molecule has 1 amide bonds. The zero-order valence-corrected chi connectivity index (χ0v) is 13.7. The van der Waals surface area contributed by atoms with Gasteiger partial charge in [0, 0.05) is 11.1 Å². The van der Waals surface area contributed by atoms with Gasteiger partial charge in [0.2, 0.25) is 0 Å². The van der Waals surface area contributed by atoms with Gasteiger partial charge in [0.25, 0.3) is 5.91 Å². The van der Waals surface area contributed by atoms with Crippen LogP contribution in [0.3, 0.4) is 0 Å². The van der Waals surface area contributed by atoms with Crippen molar-refractivity contribution < 1.29 is 9.53 Å². The number of carbonyl (C=O) groups is 1. The number of amides is 1. The average Bonchev–Trinajstić information content (AvgIpc) is 2.43. The second-order valence-electron chi connectivity index (χ2n) is 6.41. The van der Waals surface area contributed by atoms with Gasteiger partial charge in [-0.15, -0.1) is 0 Å². The highest BCUT2D eigenvalue weighted by Gasteiger charge is 2.33. The Kier molecular flexibility index (Phi) is 5.15. The van der Waals surface area contributed by atoms with Crippen molar-refractivity contribution in [2.45, 2.75) is 58.1 Å². The Bertz CT molecular complexity index is 484. The Balaban J connectivity index is 1.97. The third-order valence-corrected chi connectivity index (χ3v) is 4.41. The van der Waals surface area contributed by atoms with Crippen molar-refractivity contribution in [3.63, 3.8) is 0 Å². The van der Waals surface area contributed by atoms with Crippen molar-refractivity contribution >= 4 is 17.5 Å². The number of benzene rings is 1. The molecule has 3 nitrogen and oxygen atoms in total. The largest absolute Gasteiger partial charge is 0.478 e. The Labute approximate surface area is 132 Å². The van der Waals surface area contributed by atoms with Gasteiger partial charge in [-0.2, -0.15) is 0 Å². The highest BCUT2D eigenvalue weighted by Crippen LogP contribution is 2.25. The quantitative estimate of drug-likeness (QED) is 0.905. The average molecular weight is 310 g/mol. The van der Waals surface area contributed by atoms with Gasteiger partial charge in [0.05, 0.1) is 0 Å². The molecule has 1 aromatic rings. The van der Waals surface area contributed by atoms with E-state index in [2.05, 4.69) is 12.2 Å². The molecule has 0 radical (unpaired) electrons. The van der Waals surface area contributed by atoms with E-state index in [4.69, 9.17) is 16.3 Å². The van der Waals surface area contributed by atoms with E-state index < -0.39 is 5.60 Å². The minimum absolute atomic E-state index is 0.0591. The summed E-state index contributed by atoms with van der Waals surface area (Å²) in [4.78, 5) is 12.5. The zero-order chi connectivity index (χ0) is 15.5. The summed E-state index contributed by atoms with van der Waals surface area (Å²) in [6.45, 7) is 5.80. The number of rotatable bonds is 4. The lowest BCUT2D eigenvalue weighted by atomic mass is 9.85. The van der Waals surface area contributed by atoms with Gasteiger partial charge in [0.15, 0.2) is 5.60 Å². The van der Waals surface area contributed by atoms with Crippen LogP contribution in [0.4, 0.5) is 0 Å². The molecule has 1 N–H and O–H groups in total. The summed E-state index contributed by atoms with van der Waals surface area (Å²) in [6.07, 6.45) is 4.69. The van der Waals surface area contributed by atoms with Gasteiger partial charge in [-0.25, -0.2) is 0 Å². The summed E-state index contributed by atoms with van der Waals surface area (Å²) in [5.74, 6) is 1.13. The molecule has 0 saturated heterocycles. The minimum atomic E-state index is -0.898. The van der Waals surface area contributed by atoms with Gasteiger partial charge in [-0.3, -0.25) is 4.79 Å². The first kappa shape index (κ1) is 16.2. The molecule has 2 atom stereocenters. The second-order valence-corrected chi connectivity index (χ2v) is 6.84. The third-order valence-electron chi connectivity index (χ3n) is 4.16. The predicted molar refractivity (Wildman–Crippen MR) is 85.7 cm³/mol. The lowest BCUT2D eigenvalue weighted by Crippen LogP contribution is -2.52. The zero-order valence-electron chi connectivity index (χ0n) is 13.0. The van der Waals surface area contributed by atoms with Crippen molar-refractivity contribution in [2.75, 3.05) is 0 Å². The summed E-state index contributed by atoms with van der Waals surface area (Å²) in [6, 6.07) is 7.34. The maximum Gasteiger partial charge on any atom is 0.263 e. The molecule has 1 aromatic carbocycles. The molecule has 0 spiro atoms. The topological polar surface area (TPSA) is 38.3 Å². The molecule has 116 valence electrons. The van der Waals surface area contributed by atoms with E-state index >= 15 is 0 Å². The third kappa shape index (κ3) is 4.37. The van der Waals surface area contributed by atoms with Crippen LogP contribution in [0.5, 0.6) is 5.75 Å². The molecule has 0 aliphatic heterocycles. The van der Waals surface area contributed by atoms with Crippen LogP contribution in [0, 0.1) is 5.92 Å². The summed E-state index contributed by atoms with van der Waals surface area (Å²) in [7, 11) is 0. The molecule has 0 heterocycles. The Morgan fingerprint density at radius 1 is 1.24 bits per heavy atom. The van der Waals surface area contributed by atoms with Crippen LogP contribution < -0.4 is 10.1 Å². The second kappa shape index (κ2) is 6.69. The molecule has 1 fully saturated rings. The fourth-order valence-electron chi connectivity index (χ4n) is 2.72. The van der Waals surface area contributed by atoms with Crippen LogP contribution in [0.2, 0.25) is 5.02 Å². The van der Waals surface area contributed by atoms with E-state index in [0.717, 1.165) is 6.42 Å². The lowest BCUT2D eigenvalue weighted by molar-refractivity contribution is -0.135. The standard InChI is InChI=1S/C17H24ClNO2/c1-12-6-4-5-7-15(12)19-16(20)17(2,3)21-14-10-8-13(18)9-11-14/h8-12,15H,4-7H2,1-3H3,(H,19,20). The van der Waals surface area contributed by atoms with E-state index in [-0.39, 0.29) is 11.9 Å². The molecule has 0 bridgehead atoms. The normalized spacial score (nSPS) is 22.7. The molecular weight excluding hydrogens is 286 g/mol. The van der Waals surface area contributed by atoms with Gasteiger partial charge >= 0.3 is 0 Å². The molecule has 0 aromatic heterocycles. The number of carbonyl (C=O) groups excluding carboxylic acids is 1. The van der Waals surface area contributed by atoms with Crippen molar-refractivity contribution in [1.82, 2.24) is 5.32 Å². The number of hydrogen-bond acceptors (Lipinski definition) is 2. The SMILES string of the molecule is CC1CCCCC1NC(=O)C(C)(C)Oc1ccc(Cl)cc1. The monoisotopic (exact) mass is 309 g/mol. The predicted octanol–water partition coefficient (Wildman–Crippen LogP) is 4.19. The first-order valence-electron chi connectivity index (χ1n) is 7.64. The molecule has 21 heavy (non-hydrogen) atoms. The number of halogens is 1. The summed E-state index contributed by atoms with van der Waals surface area (Å²) in [5.41, 5.74) is -0.898. The molecule has 2 rings (SSSR count). The number of nitrogens with one attached hydrogen (secondary N) is 1. The van der Waals surface area contributed by atoms with Crippen LogP contribution >= 0.6 is 11.6 Å². The van der Waals surface area contributed by atoms with E-state index in [1.807, 2.05) is 0 Å². The highest BCUT2D eigenvalue weighted by atomic mass is 35.5. The lowest BCUT2D eigenvalue weighted by Gasteiger charge is -2.33. The molecule has 4 heteroatoms. The van der Waals surface area contributed by atoms with Crippen LogP contribution in [-0.4, -0.2) is 17.6 Å². The van der Waals surface area contributed by atoms with E-state index in [1.54, 1.807) is 38.1 Å². The van der Waals surface area contributed by atoms with Crippen molar-refractivity contribution in [1.29, 1.82) is 0 Å². The van der Waals surface area contributed by atoms with Crippen LogP contribution in [0.1, 0.15) is 46.5 Å². The number of ether oxygens (including phenoxy) is 1. The Morgan fingerprint density at radius 3 is 2.48 bits per heavy atom. The summed E-state index contributed by atoms with van der Waals surface area (Å²) in [5, 5.41) is 3.80. The fourth-order valence-corrected chi connectivity index (χ4v) is 2.84.